The van der Waals surface area contributed by atoms with Crippen LogP contribution in [-0.2, 0) is 11.3 Å². The maximum absolute atomic E-state index is 8.91. The predicted octanol–water partition coefficient (Wildman–Crippen LogP) is 1.66. The summed E-state index contributed by atoms with van der Waals surface area (Å²) in [5.41, 5.74) is 1.35. The second-order valence-corrected chi connectivity index (χ2v) is 4.55. The molecule has 0 aromatic heterocycles. The summed E-state index contributed by atoms with van der Waals surface area (Å²) in [6, 6.07) is 11.0. The maximum atomic E-state index is 8.91. The molecular weight excluding hydrogens is 214 g/mol. The standard InChI is InChI=1S/C14H21NO2/c16-9-4-7-14-12-17-10-8-15(14)11-13-5-2-1-3-6-13/h1-3,5-6,14,16H,4,7-12H2. The summed E-state index contributed by atoms with van der Waals surface area (Å²) in [6.45, 7) is 3.87. The zero-order valence-corrected chi connectivity index (χ0v) is 10.2. The first kappa shape index (κ1) is 12.6. The lowest BCUT2D eigenvalue weighted by atomic mass is 10.1. The second-order valence-electron chi connectivity index (χ2n) is 4.55. The summed E-state index contributed by atoms with van der Waals surface area (Å²) in [5, 5.41) is 8.91. The number of rotatable bonds is 5. The van der Waals surface area contributed by atoms with Crippen LogP contribution in [0.2, 0.25) is 0 Å². The van der Waals surface area contributed by atoms with E-state index in [-0.39, 0.29) is 6.61 Å². The molecule has 1 saturated heterocycles. The zero-order chi connectivity index (χ0) is 11.9. The molecule has 0 spiro atoms. The van der Waals surface area contributed by atoms with Crippen molar-refractivity contribution in [3.05, 3.63) is 35.9 Å². The quantitative estimate of drug-likeness (QED) is 0.842. The highest BCUT2D eigenvalue weighted by Crippen LogP contribution is 2.15. The van der Waals surface area contributed by atoms with Crippen LogP contribution in [0.3, 0.4) is 0 Å². The second kappa shape index (κ2) is 6.74. The Bertz CT molecular complexity index is 315. The number of hydrogen-bond donors (Lipinski definition) is 1. The molecule has 1 aromatic rings. The van der Waals surface area contributed by atoms with E-state index in [1.165, 1.54) is 5.56 Å². The first-order valence-electron chi connectivity index (χ1n) is 6.36. The molecule has 17 heavy (non-hydrogen) atoms. The Hall–Kier alpha value is -0.900. The molecule has 0 saturated carbocycles. The fourth-order valence-electron chi connectivity index (χ4n) is 2.31. The van der Waals surface area contributed by atoms with Gasteiger partial charge in [-0.2, -0.15) is 0 Å². The van der Waals surface area contributed by atoms with E-state index in [1.54, 1.807) is 0 Å². The number of nitrogens with zero attached hydrogens (tertiary/aromatic N) is 1. The number of hydrogen-bond acceptors (Lipinski definition) is 3. The number of benzene rings is 1. The van der Waals surface area contributed by atoms with Gasteiger partial charge in [-0.1, -0.05) is 30.3 Å². The van der Waals surface area contributed by atoms with Crippen molar-refractivity contribution in [2.45, 2.75) is 25.4 Å². The van der Waals surface area contributed by atoms with E-state index in [0.717, 1.165) is 39.1 Å². The van der Waals surface area contributed by atoms with E-state index in [1.807, 2.05) is 6.07 Å². The maximum Gasteiger partial charge on any atom is 0.0622 e. The van der Waals surface area contributed by atoms with Crippen molar-refractivity contribution in [2.24, 2.45) is 0 Å². The van der Waals surface area contributed by atoms with E-state index in [0.29, 0.717) is 6.04 Å². The molecule has 94 valence electrons. The molecule has 1 aliphatic heterocycles. The summed E-state index contributed by atoms with van der Waals surface area (Å²) < 4.78 is 5.52. The molecule has 3 nitrogen and oxygen atoms in total. The van der Waals surface area contributed by atoms with E-state index in [4.69, 9.17) is 9.84 Å². The van der Waals surface area contributed by atoms with E-state index in [9.17, 15) is 0 Å². The van der Waals surface area contributed by atoms with Crippen LogP contribution in [0.1, 0.15) is 18.4 Å². The Morgan fingerprint density at radius 3 is 2.88 bits per heavy atom. The third-order valence-corrected chi connectivity index (χ3v) is 3.27. The summed E-state index contributed by atoms with van der Waals surface area (Å²) >= 11 is 0. The minimum atomic E-state index is 0.273. The minimum absolute atomic E-state index is 0.273. The van der Waals surface area contributed by atoms with Crippen LogP contribution in [0.15, 0.2) is 30.3 Å². The normalized spacial score (nSPS) is 21.6. The highest BCUT2D eigenvalue weighted by Gasteiger charge is 2.22. The van der Waals surface area contributed by atoms with Gasteiger partial charge in [0.15, 0.2) is 0 Å². The summed E-state index contributed by atoms with van der Waals surface area (Å²) in [6.07, 6.45) is 1.88. The topological polar surface area (TPSA) is 32.7 Å². The highest BCUT2D eigenvalue weighted by atomic mass is 16.5. The van der Waals surface area contributed by atoms with Crippen LogP contribution < -0.4 is 0 Å². The van der Waals surface area contributed by atoms with Gasteiger partial charge >= 0.3 is 0 Å². The number of morpholine rings is 1. The molecule has 1 heterocycles. The average Bonchev–Trinajstić information content (AvgIpc) is 2.39. The van der Waals surface area contributed by atoms with Gasteiger partial charge in [0.25, 0.3) is 0 Å². The molecule has 0 bridgehead atoms. The first-order valence-corrected chi connectivity index (χ1v) is 6.36. The summed E-state index contributed by atoms with van der Waals surface area (Å²) in [5.74, 6) is 0. The van der Waals surface area contributed by atoms with Crippen LogP contribution >= 0.6 is 0 Å². The van der Waals surface area contributed by atoms with Crippen molar-refractivity contribution in [1.82, 2.24) is 4.90 Å². The van der Waals surface area contributed by atoms with Gasteiger partial charge in [0.05, 0.1) is 13.2 Å². The molecule has 0 amide bonds. The smallest absolute Gasteiger partial charge is 0.0622 e. The Morgan fingerprint density at radius 1 is 1.29 bits per heavy atom. The van der Waals surface area contributed by atoms with E-state index < -0.39 is 0 Å². The molecule has 1 unspecified atom stereocenters. The van der Waals surface area contributed by atoms with Crippen molar-refractivity contribution in [2.75, 3.05) is 26.4 Å². The van der Waals surface area contributed by atoms with Gasteiger partial charge in [0, 0.05) is 25.7 Å². The van der Waals surface area contributed by atoms with Crippen LogP contribution in [0, 0.1) is 0 Å². The van der Waals surface area contributed by atoms with Crippen molar-refractivity contribution in [3.63, 3.8) is 0 Å². The molecule has 1 aliphatic rings. The predicted molar refractivity (Wildman–Crippen MR) is 67.8 cm³/mol. The van der Waals surface area contributed by atoms with Crippen LogP contribution in [-0.4, -0.2) is 42.4 Å². The molecular formula is C14H21NO2. The lowest BCUT2D eigenvalue weighted by Crippen LogP contribution is -2.44. The Balaban J connectivity index is 1.92. The third kappa shape index (κ3) is 3.80. The van der Waals surface area contributed by atoms with Crippen LogP contribution in [0.25, 0.3) is 0 Å². The molecule has 2 rings (SSSR count). The first-order chi connectivity index (χ1) is 8.40. The Labute approximate surface area is 103 Å². The Kier molecular flexibility index (Phi) is 4.98. The average molecular weight is 235 g/mol. The molecule has 1 N–H and O–H groups in total. The number of aliphatic hydroxyl groups is 1. The van der Waals surface area contributed by atoms with Gasteiger partial charge in [-0.3, -0.25) is 4.90 Å². The van der Waals surface area contributed by atoms with Gasteiger partial charge in [0.1, 0.15) is 0 Å². The van der Waals surface area contributed by atoms with Crippen molar-refractivity contribution in [1.29, 1.82) is 0 Å². The molecule has 1 atom stereocenters. The van der Waals surface area contributed by atoms with Crippen molar-refractivity contribution in [3.8, 4) is 0 Å². The number of aliphatic hydroxyl groups excluding tert-OH is 1. The minimum Gasteiger partial charge on any atom is -0.396 e. The van der Waals surface area contributed by atoms with Crippen LogP contribution in [0.5, 0.6) is 0 Å². The van der Waals surface area contributed by atoms with Gasteiger partial charge in [0.2, 0.25) is 0 Å². The number of ether oxygens (including phenoxy) is 1. The van der Waals surface area contributed by atoms with Gasteiger partial charge < -0.3 is 9.84 Å². The molecule has 1 aromatic carbocycles. The van der Waals surface area contributed by atoms with E-state index in [2.05, 4.69) is 29.2 Å². The van der Waals surface area contributed by atoms with Gasteiger partial charge in [-0.25, -0.2) is 0 Å². The molecule has 3 heteroatoms. The van der Waals surface area contributed by atoms with Crippen LogP contribution in [0.4, 0.5) is 0 Å². The monoisotopic (exact) mass is 235 g/mol. The van der Waals surface area contributed by atoms with Gasteiger partial charge in [-0.05, 0) is 18.4 Å². The fraction of sp³-hybridized carbons (Fsp3) is 0.571. The molecule has 0 radical (unpaired) electrons. The Morgan fingerprint density at radius 2 is 2.12 bits per heavy atom. The van der Waals surface area contributed by atoms with Gasteiger partial charge in [-0.15, -0.1) is 0 Å². The lowest BCUT2D eigenvalue weighted by Gasteiger charge is -2.35. The van der Waals surface area contributed by atoms with E-state index >= 15 is 0 Å². The third-order valence-electron chi connectivity index (χ3n) is 3.27. The molecule has 1 fully saturated rings. The lowest BCUT2D eigenvalue weighted by molar-refractivity contribution is -0.0163. The SMILES string of the molecule is OCCCC1COCCN1Cc1ccccc1. The van der Waals surface area contributed by atoms with Crippen molar-refractivity contribution >= 4 is 0 Å². The zero-order valence-electron chi connectivity index (χ0n) is 10.2. The summed E-state index contributed by atoms with van der Waals surface area (Å²) in [4.78, 5) is 2.47. The highest BCUT2D eigenvalue weighted by molar-refractivity contribution is 5.14. The summed E-state index contributed by atoms with van der Waals surface area (Å²) in [7, 11) is 0. The van der Waals surface area contributed by atoms with Crippen molar-refractivity contribution < 1.29 is 9.84 Å². The largest absolute Gasteiger partial charge is 0.396 e. The molecule has 0 aliphatic carbocycles. The fourth-order valence-corrected chi connectivity index (χ4v) is 2.31.